The standard InChI is InChI=1S/C11H10Cl2N2O/c12-9-4-2-7(5-10(9)13)1-3-8-6-15-11(14)16-8/h2,4-6H,1,3H2,(H2,14,15). The quantitative estimate of drug-likeness (QED) is 0.917. The number of oxazole rings is 1. The Hall–Kier alpha value is -1.19. The third-order valence-corrected chi connectivity index (χ3v) is 2.95. The summed E-state index contributed by atoms with van der Waals surface area (Å²) in [7, 11) is 0. The van der Waals surface area contributed by atoms with Crippen molar-refractivity contribution in [2.45, 2.75) is 12.8 Å². The Kier molecular flexibility index (Phi) is 3.36. The molecule has 0 bridgehead atoms. The van der Waals surface area contributed by atoms with Crippen molar-refractivity contribution in [2.24, 2.45) is 0 Å². The van der Waals surface area contributed by atoms with Gasteiger partial charge in [0.2, 0.25) is 0 Å². The van der Waals surface area contributed by atoms with Gasteiger partial charge < -0.3 is 10.2 Å². The lowest BCUT2D eigenvalue weighted by molar-refractivity contribution is 0.522. The Morgan fingerprint density at radius 3 is 2.62 bits per heavy atom. The molecule has 0 saturated carbocycles. The largest absolute Gasteiger partial charge is 0.429 e. The van der Waals surface area contributed by atoms with Gasteiger partial charge in [-0.3, -0.25) is 0 Å². The van der Waals surface area contributed by atoms with Crippen molar-refractivity contribution in [3.8, 4) is 0 Å². The highest BCUT2D eigenvalue weighted by Crippen LogP contribution is 2.23. The Bertz CT molecular complexity index is 496. The second-order valence-electron chi connectivity index (χ2n) is 3.41. The molecule has 0 saturated heterocycles. The van der Waals surface area contributed by atoms with Crippen LogP contribution >= 0.6 is 23.2 Å². The number of halogens is 2. The van der Waals surface area contributed by atoms with E-state index in [1.165, 1.54) is 0 Å². The molecule has 16 heavy (non-hydrogen) atoms. The predicted molar refractivity (Wildman–Crippen MR) is 64.8 cm³/mol. The Morgan fingerprint density at radius 1 is 1.19 bits per heavy atom. The molecule has 2 N–H and O–H groups in total. The molecule has 0 aliphatic heterocycles. The van der Waals surface area contributed by atoms with Crippen molar-refractivity contribution >= 4 is 29.2 Å². The predicted octanol–water partition coefficient (Wildman–Crippen LogP) is 3.35. The minimum Gasteiger partial charge on any atom is -0.429 e. The second-order valence-corrected chi connectivity index (χ2v) is 4.23. The lowest BCUT2D eigenvalue weighted by atomic mass is 10.1. The third kappa shape index (κ3) is 2.68. The summed E-state index contributed by atoms with van der Waals surface area (Å²) < 4.78 is 5.17. The number of nitrogen functional groups attached to an aromatic ring is 1. The van der Waals surface area contributed by atoms with Gasteiger partial charge >= 0.3 is 0 Å². The van der Waals surface area contributed by atoms with Crippen LogP contribution in [0.1, 0.15) is 11.3 Å². The zero-order valence-electron chi connectivity index (χ0n) is 8.41. The van der Waals surface area contributed by atoms with Crippen LogP contribution in [0.25, 0.3) is 0 Å². The average molecular weight is 257 g/mol. The Labute approximate surface area is 103 Å². The number of aryl methyl sites for hydroxylation is 2. The first-order valence-electron chi connectivity index (χ1n) is 4.79. The normalized spacial score (nSPS) is 10.6. The molecule has 1 heterocycles. The van der Waals surface area contributed by atoms with Crippen LogP contribution in [0.3, 0.4) is 0 Å². The van der Waals surface area contributed by atoms with Crippen molar-refractivity contribution in [3.05, 3.63) is 45.8 Å². The first-order valence-corrected chi connectivity index (χ1v) is 5.55. The topological polar surface area (TPSA) is 52.0 Å². The van der Waals surface area contributed by atoms with E-state index in [1.54, 1.807) is 12.3 Å². The number of anilines is 1. The fraction of sp³-hybridized carbons (Fsp3) is 0.182. The lowest BCUT2D eigenvalue weighted by Crippen LogP contribution is -1.89. The summed E-state index contributed by atoms with van der Waals surface area (Å²) in [4.78, 5) is 3.82. The van der Waals surface area contributed by atoms with E-state index in [0.717, 1.165) is 24.2 Å². The fourth-order valence-electron chi connectivity index (χ4n) is 1.40. The van der Waals surface area contributed by atoms with Crippen molar-refractivity contribution in [3.63, 3.8) is 0 Å². The zero-order chi connectivity index (χ0) is 11.5. The molecule has 0 amide bonds. The molecule has 2 aromatic rings. The Morgan fingerprint density at radius 2 is 2.00 bits per heavy atom. The molecule has 1 aromatic carbocycles. The first kappa shape index (κ1) is 11.3. The van der Waals surface area contributed by atoms with Gasteiger partial charge in [-0.15, -0.1) is 0 Å². The molecule has 0 unspecified atom stereocenters. The molecule has 3 nitrogen and oxygen atoms in total. The van der Waals surface area contributed by atoms with Crippen LogP contribution in [0.2, 0.25) is 10.0 Å². The van der Waals surface area contributed by atoms with E-state index in [-0.39, 0.29) is 6.01 Å². The van der Waals surface area contributed by atoms with Gasteiger partial charge in [0.05, 0.1) is 16.2 Å². The molecule has 0 fully saturated rings. The van der Waals surface area contributed by atoms with Gasteiger partial charge in [0.1, 0.15) is 5.76 Å². The Balaban J connectivity index is 2.02. The molecule has 0 aliphatic rings. The van der Waals surface area contributed by atoms with Crippen molar-refractivity contribution in [1.29, 1.82) is 0 Å². The van der Waals surface area contributed by atoms with Gasteiger partial charge in [-0.1, -0.05) is 29.3 Å². The van der Waals surface area contributed by atoms with E-state index < -0.39 is 0 Å². The van der Waals surface area contributed by atoms with Crippen LogP contribution in [-0.4, -0.2) is 4.98 Å². The monoisotopic (exact) mass is 256 g/mol. The molecule has 0 aliphatic carbocycles. The molecule has 2 rings (SSSR count). The number of nitrogens with zero attached hydrogens (tertiary/aromatic N) is 1. The van der Waals surface area contributed by atoms with Gasteiger partial charge in [-0.25, -0.2) is 4.98 Å². The SMILES string of the molecule is Nc1ncc(CCc2ccc(Cl)c(Cl)c2)o1. The summed E-state index contributed by atoms with van der Waals surface area (Å²) in [5.41, 5.74) is 6.48. The minimum atomic E-state index is 0.198. The number of benzene rings is 1. The van der Waals surface area contributed by atoms with E-state index in [4.69, 9.17) is 33.4 Å². The maximum atomic E-state index is 5.91. The summed E-state index contributed by atoms with van der Waals surface area (Å²) >= 11 is 11.7. The van der Waals surface area contributed by atoms with E-state index in [2.05, 4.69) is 4.98 Å². The molecular weight excluding hydrogens is 247 g/mol. The average Bonchev–Trinajstić information content (AvgIpc) is 2.66. The van der Waals surface area contributed by atoms with Crippen LogP contribution in [-0.2, 0) is 12.8 Å². The molecule has 1 aromatic heterocycles. The summed E-state index contributed by atoms with van der Waals surface area (Å²) in [6.07, 6.45) is 3.18. The highest BCUT2D eigenvalue weighted by molar-refractivity contribution is 6.42. The van der Waals surface area contributed by atoms with Crippen molar-refractivity contribution in [1.82, 2.24) is 4.98 Å². The third-order valence-electron chi connectivity index (χ3n) is 2.22. The van der Waals surface area contributed by atoms with E-state index in [9.17, 15) is 0 Å². The van der Waals surface area contributed by atoms with Crippen LogP contribution < -0.4 is 5.73 Å². The van der Waals surface area contributed by atoms with Gasteiger partial charge in [0.15, 0.2) is 0 Å². The van der Waals surface area contributed by atoms with E-state index in [0.29, 0.717) is 10.0 Å². The van der Waals surface area contributed by atoms with Gasteiger partial charge in [-0.2, -0.15) is 0 Å². The maximum absolute atomic E-state index is 5.91. The summed E-state index contributed by atoms with van der Waals surface area (Å²) in [6, 6.07) is 5.77. The molecule has 0 atom stereocenters. The van der Waals surface area contributed by atoms with Crippen LogP contribution in [0.15, 0.2) is 28.8 Å². The number of rotatable bonds is 3. The van der Waals surface area contributed by atoms with Crippen LogP contribution in [0.4, 0.5) is 6.01 Å². The lowest BCUT2D eigenvalue weighted by Gasteiger charge is -2.01. The summed E-state index contributed by atoms with van der Waals surface area (Å²) in [6.45, 7) is 0. The molecule has 84 valence electrons. The second kappa shape index (κ2) is 4.76. The first-order chi connectivity index (χ1) is 7.65. The number of hydrogen-bond acceptors (Lipinski definition) is 3. The summed E-state index contributed by atoms with van der Waals surface area (Å²) in [5, 5.41) is 1.13. The van der Waals surface area contributed by atoms with Crippen LogP contribution in [0, 0.1) is 0 Å². The highest BCUT2D eigenvalue weighted by atomic mass is 35.5. The number of aromatic nitrogens is 1. The number of hydrogen-bond donors (Lipinski definition) is 1. The number of nitrogens with two attached hydrogens (primary N) is 1. The van der Waals surface area contributed by atoms with E-state index >= 15 is 0 Å². The van der Waals surface area contributed by atoms with Gasteiger partial charge in [0.25, 0.3) is 6.01 Å². The molecular formula is C11H10Cl2N2O. The van der Waals surface area contributed by atoms with Crippen molar-refractivity contribution in [2.75, 3.05) is 5.73 Å². The minimum absolute atomic E-state index is 0.198. The zero-order valence-corrected chi connectivity index (χ0v) is 9.92. The molecule has 0 spiro atoms. The van der Waals surface area contributed by atoms with Crippen LogP contribution in [0.5, 0.6) is 0 Å². The van der Waals surface area contributed by atoms with E-state index in [1.807, 2.05) is 12.1 Å². The van der Waals surface area contributed by atoms with Gasteiger partial charge in [0, 0.05) is 6.42 Å². The molecule has 0 radical (unpaired) electrons. The fourth-order valence-corrected chi connectivity index (χ4v) is 1.72. The van der Waals surface area contributed by atoms with Gasteiger partial charge in [-0.05, 0) is 24.1 Å². The smallest absolute Gasteiger partial charge is 0.292 e. The molecule has 5 heteroatoms. The highest BCUT2D eigenvalue weighted by Gasteiger charge is 2.03. The summed E-state index contributed by atoms with van der Waals surface area (Å²) in [5.74, 6) is 0.767. The maximum Gasteiger partial charge on any atom is 0.292 e. The van der Waals surface area contributed by atoms with Crippen molar-refractivity contribution < 1.29 is 4.42 Å².